The molecule has 0 bridgehead atoms. The third-order valence-corrected chi connectivity index (χ3v) is 6.94. The summed E-state index contributed by atoms with van der Waals surface area (Å²) < 4.78 is 37.7. The van der Waals surface area contributed by atoms with Crippen molar-refractivity contribution in [3.63, 3.8) is 0 Å². The molecule has 9 heteroatoms. The zero-order valence-electron chi connectivity index (χ0n) is 16.1. The topological polar surface area (TPSA) is 84.9 Å². The van der Waals surface area contributed by atoms with E-state index in [2.05, 4.69) is 5.32 Å². The summed E-state index contributed by atoms with van der Waals surface area (Å²) in [7, 11) is -3.51. The molecular weight excluding hydrogens is 428 g/mol. The fourth-order valence-electron chi connectivity index (χ4n) is 3.47. The summed E-state index contributed by atoms with van der Waals surface area (Å²) in [6.45, 7) is 1.33. The number of rotatable bonds is 6. The quantitative estimate of drug-likeness (QED) is 0.687. The van der Waals surface area contributed by atoms with Crippen LogP contribution in [-0.2, 0) is 21.2 Å². The van der Waals surface area contributed by atoms with E-state index in [9.17, 15) is 13.2 Å². The first-order valence-corrected chi connectivity index (χ1v) is 11.6. The molecule has 1 N–H and O–H groups in total. The predicted octanol–water partition coefficient (Wildman–Crippen LogP) is 2.63. The van der Waals surface area contributed by atoms with Crippen LogP contribution in [0.1, 0.15) is 11.1 Å². The van der Waals surface area contributed by atoms with E-state index >= 15 is 0 Å². The minimum Gasteiger partial charge on any atom is -0.486 e. The summed E-state index contributed by atoms with van der Waals surface area (Å²) in [5.41, 5.74) is 2.42. The van der Waals surface area contributed by atoms with Crippen molar-refractivity contribution in [3.8, 4) is 11.5 Å². The zero-order chi connectivity index (χ0) is 21.1. The molecule has 2 heterocycles. The number of para-hydroxylation sites is 1. The normalized spacial score (nSPS) is 15.3. The smallest absolute Gasteiger partial charge is 0.244 e. The van der Waals surface area contributed by atoms with Gasteiger partial charge in [-0.15, -0.1) is 0 Å². The van der Waals surface area contributed by atoms with Gasteiger partial charge in [-0.2, -0.15) is 0 Å². The van der Waals surface area contributed by atoms with E-state index in [-0.39, 0.29) is 12.3 Å². The Hall–Kier alpha value is -2.71. The van der Waals surface area contributed by atoms with Gasteiger partial charge in [-0.1, -0.05) is 29.8 Å². The number of benzene rings is 2. The van der Waals surface area contributed by atoms with Crippen LogP contribution < -0.4 is 19.1 Å². The first kappa shape index (κ1) is 20.6. The second-order valence-electron chi connectivity index (χ2n) is 6.92. The number of fused-ring (bicyclic) bond motifs is 2. The number of amides is 1. The highest BCUT2D eigenvalue weighted by Crippen LogP contribution is 2.38. The van der Waals surface area contributed by atoms with Crippen LogP contribution >= 0.6 is 11.6 Å². The SMILES string of the molecule is O=C(/C=C/c1cc(Cl)c2c(c1)OCCO2)NCCS(=O)(=O)N1CCc2ccccc21. The van der Waals surface area contributed by atoms with Gasteiger partial charge in [0.1, 0.15) is 13.2 Å². The van der Waals surface area contributed by atoms with Gasteiger partial charge in [0.25, 0.3) is 0 Å². The number of carbonyl (C=O) groups excluding carboxylic acids is 1. The second-order valence-corrected chi connectivity index (χ2v) is 9.34. The number of halogens is 1. The third-order valence-electron chi connectivity index (χ3n) is 4.89. The summed E-state index contributed by atoms with van der Waals surface area (Å²) in [6, 6.07) is 10.9. The molecule has 0 radical (unpaired) electrons. The number of hydrogen-bond donors (Lipinski definition) is 1. The molecule has 4 rings (SSSR count). The second kappa shape index (κ2) is 8.57. The van der Waals surface area contributed by atoms with Crippen molar-refractivity contribution in [1.29, 1.82) is 0 Å². The van der Waals surface area contributed by atoms with Gasteiger partial charge in [-0.25, -0.2) is 8.42 Å². The lowest BCUT2D eigenvalue weighted by atomic mass is 10.1. The molecule has 2 aromatic rings. The average Bonchev–Trinajstić information content (AvgIpc) is 3.17. The molecule has 0 spiro atoms. The van der Waals surface area contributed by atoms with Crippen molar-refractivity contribution in [1.82, 2.24) is 5.32 Å². The van der Waals surface area contributed by atoms with Gasteiger partial charge in [-0.05, 0) is 41.8 Å². The van der Waals surface area contributed by atoms with E-state index in [1.807, 2.05) is 18.2 Å². The minimum atomic E-state index is -3.51. The maximum Gasteiger partial charge on any atom is 0.244 e. The number of nitrogens with zero attached hydrogens (tertiary/aromatic N) is 1. The van der Waals surface area contributed by atoms with Crippen molar-refractivity contribution in [2.45, 2.75) is 6.42 Å². The molecular formula is C21H21ClN2O5S. The van der Waals surface area contributed by atoms with Crippen molar-refractivity contribution in [2.24, 2.45) is 0 Å². The maximum atomic E-state index is 12.6. The predicted molar refractivity (Wildman–Crippen MR) is 116 cm³/mol. The number of sulfonamides is 1. The Morgan fingerprint density at radius 1 is 1.20 bits per heavy atom. The molecule has 2 aromatic carbocycles. The average molecular weight is 449 g/mol. The molecule has 7 nitrogen and oxygen atoms in total. The Morgan fingerprint density at radius 2 is 2.00 bits per heavy atom. The molecule has 0 fully saturated rings. The highest BCUT2D eigenvalue weighted by atomic mass is 35.5. The van der Waals surface area contributed by atoms with Gasteiger partial charge in [0.15, 0.2) is 11.5 Å². The Bertz CT molecular complexity index is 1100. The van der Waals surface area contributed by atoms with Crippen LogP contribution in [0.15, 0.2) is 42.5 Å². The Balaban J connectivity index is 1.33. The van der Waals surface area contributed by atoms with Gasteiger partial charge in [0.2, 0.25) is 15.9 Å². The molecule has 0 atom stereocenters. The molecule has 0 unspecified atom stereocenters. The van der Waals surface area contributed by atoms with Crippen LogP contribution in [0.5, 0.6) is 11.5 Å². The lowest BCUT2D eigenvalue weighted by molar-refractivity contribution is -0.116. The van der Waals surface area contributed by atoms with Crippen LogP contribution in [0.4, 0.5) is 5.69 Å². The highest BCUT2D eigenvalue weighted by molar-refractivity contribution is 7.92. The molecule has 0 aliphatic carbocycles. The molecule has 2 aliphatic heterocycles. The minimum absolute atomic E-state index is 0.0199. The van der Waals surface area contributed by atoms with Gasteiger partial charge in [-0.3, -0.25) is 9.10 Å². The Kier molecular flexibility index (Phi) is 5.87. The summed E-state index contributed by atoms with van der Waals surface area (Å²) >= 11 is 6.18. The van der Waals surface area contributed by atoms with Gasteiger partial charge >= 0.3 is 0 Å². The van der Waals surface area contributed by atoms with Crippen molar-refractivity contribution in [2.75, 3.05) is 36.4 Å². The van der Waals surface area contributed by atoms with Crippen LogP contribution in [0.3, 0.4) is 0 Å². The number of carbonyl (C=O) groups is 1. The summed E-state index contributed by atoms with van der Waals surface area (Å²) in [5.74, 6) is 0.471. The number of nitrogens with one attached hydrogen (secondary N) is 1. The molecule has 1 amide bonds. The van der Waals surface area contributed by atoms with E-state index in [0.717, 1.165) is 11.3 Å². The van der Waals surface area contributed by atoms with Crippen molar-refractivity contribution in [3.05, 3.63) is 58.6 Å². The molecule has 0 saturated carbocycles. The summed E-state index contributed by atoms with van der Waals surface area (Å²) in [5, 5.41) is 3.02. The van der Waals surface area contributed by atoms with Crippen LogP contribution in [0.25, 0.3) is 6.08 Å². The molecule has 0 saturated heterocycles. The molecule has 2 aliphatic rings. The largest absolute Gasteiger partial charge is 0.486 e. The molecule has 0 aromatic heterocycles. The first-order chi connectivity index (χ1) is 14.4. The highest BCUT2D eigenvalue weighted by Gasteiger charge is 2.28. The monoisotopic (exact) mass is 448 g/mol. The Labute approximate surface area is 180 Å². The summed E-state index contributed by atoms with van der Waals surface area (Å²) in [4.78, 5) is 12.1. The van der Waals surface area contributed by atoms with Crippen molar-refractivity contribution >= 4 is 39.3 Å². The van der Waals surface area contributed by atoms with E-state index in [4.69, 9.17) is 21.1 Å². The number of anilines is 1. The van der Waals surface area contributed by atoms with Crippen molar-refractivity contribution < 1.29 is 22.7 Å². The third kappa shape index (κ3) is 4.39. The van der Waals surface area contributed by atoms with Crippen LogP contribution in [-0.4, -0.2) is 46.4 Å². The Morgan fingerprint density at radius 3 is 2.87 bits per heavy atom. The lowest BCUT2D eigenvalue weighted by Crippen LogP contribution is -2.36. The standard InChI is InChI=1S/C21H21ClN2O5S/c22-17-13-15(14-19-21(17)29-11-10-28-19)5-6-20(25)23-8-12-30(26,27)24-9-7-16-3-1-2-4-18(16)24/h1-6,13-14H,7-12H2,(H,23,25)/b6-5+. The van der Waals surface area contributed by atoms with Gasteiger partial charge < -0.3 is 14.8 Å². The summed E-state index contributed by atoms with van der Waals surface area (Å²) in [6.07, 6.45) is 3.62. The number of hydrogen-bond acceptors (Lipinski definition) is 5. The van der Waals surface area contributed by atoms with E-state index < -0.39 is 15.9 Å². The van der Waals surface area contributed by atoms with Crippen LogP contribution in [0.2, 0.25) is 5.02 Å². The molecule has 158 valence electrons. The molecule has 30 heavy (non-hydrogen) atoms. The maximum absolute atomic E-state index is 12.6. The van der Waals surface area contributed by atoms with E-state index in [1.54, 1.807) is 24.3 Å². The van der Waals surface area contributed by atoms with E-state index in [0.29, 0.717) is 48.3 Å². The van der Waals surface area contributed by atoms with E-state index in [1.165, 1.54) is 10.4 Å². The first-order valence-electron chi connectivity index (χ1n) is 9.57. The van der Waals surface area contributed by atoms with Gasteiger partial charge in [0, 0.05) is 19.2 Å². The van der Waals surface area contributed by atoms with Crippen LogP contribution in [0, 0.1) is 0 Å². The fourth-order valence-corrected chi connectivity index (χ4v) is 5.17. The number of ether oxygens (including phenoxy) is 2. The lowest BCUT2D eigenvalue weighted by Gasteiger charge is -2.19. The fraction of sp³-hybridized carbons (Fsp3) is 0.286. The van der Waals surface area contributed by atoms with Gasteiger partial charge in [0.05, 0.1) is 16.5 Å². The zero-order valence-corrected chi connectivity index (χ0v) is 17.7.